The number of benzene rings is 1. The summed E-state index contributed by atoms with van der Waals surface area (Å²) < 4.78 is 18.3. The Morgan fingerprint density at radius 1 is 1.23 bits per heavy atom. The van der Waals surface area contributed by atoms with Crippen LogP contribution in [-0.2, 0) is 6.54 Å². The van der Waals surface area contributed by atoms with E-state index in [1.807, 2.05) is 17.0 Å². The fourth-order valence-corrected chi connectivity index (χ4v) is 2.88. The molecular formula is C17H19FN2O2. The van der Waals surface area contributed by atoms with Gasteiger partial charge in [-0.05, 0) is 49.2 Å². The van der Waals surface area contributed by atoms with E-state index < -0.39 is 0 Å². The highest BCUT2D eigenvalue weighted by molar-refractivity contribution is 5.89. The van der Waals surface area contributed by atoms with E-state index in [0.717, 1.165) is 31.4 Å². The monoisotopic (exact) mass is 302 g/mol. The molecule has 1 saturated carbocycles. The standard InChI is InChI=1S/C17H19FN2O2/c18-13-7-9-14(10-8-13)19-17(21)20(15-4-1-2-5-15)12-16-6-3-11-22-16/h3,6-11,15H,1-2,4-5,12H2,(H,19,21). The Bertz CT molecular complexity index is 604. The van der Waals surface area contributed by atoms with E-state index in [2.05, 4.69) is 5.32 Å². The van der Waals surface area contributed by atoms with E-state index in [4.69, 9.17) is 4.42 Å². The van der Waals surface area contributed by atoms with E-state index in [1.54, 1.807) is 18.4 Å². The van der Waals surface area contributed by atoms with Gasteiger partial charge in [-0.1, -0.05) is 12.8 Å². The van der Waals surface area contributed by atoms with Gasteiger partial charge in [0.2, 0.25) is 0 Å². The van der Waals surface area contributed by atoms with Crippen molar-refractivity contribution in [1.29, 1.82) is 0 Å². The highest BCUT2D eigenvalue weighted by Crippen LogP contribution is 2.26. The van der Waals surface area contributed by atoms with Crippen LogP contribution in [-0.4, -0.2) is 17.0 Å². The lowest BCUT2D eigenvalue weighted by Gasteiger charge is -2.28. The van der Waals surface area contributed by atoms with E-state index in [1.165, 1.54) is 12.1 Å². The molecule has 2 aromatic rings. The number of carbonyl (C=O) groups is 1. The van der Waals surface area contributed by atoms with Crippen molar-refractivity contribution >= 4 is 11.7 Å². The zero-order chi connectivity index (χ0) is 15.4. The molecule has 1 heterocycles. The fraction of sp³-hybridized carbons (Fsp3) is 0.353. The summed E-state index contributed by atoms with van der Waals surface area (Å²) in [4.78, 5) is 14.4. The minimum absolute atomic E-state index is 0.171. The number of nitrogens with zero attached hydrogens (tertiary/aromatic N) is 1. The van der Waals surface area contributed by atoms with Crippen LogP contribution in [0.25, 0.3) is 0 Å². The second-order valence-electron chi connectivity index (χ2n) is 5.58. The van der Waals surface area contributed by atoms with E-state index in [9.17, 15) is 9.18 Å². The lowest BCUT2D eigenvalue weighted by Crippen LogP contribution is -2.41. The van der Waals surface area contributed by atoms with Gasteiger partial charge >= 0.3 is 6.03 Å². The highest BCUT2D eigenvalue weighted by atomic mass is 19.1. The van der Waals surface area contributed by atoms with Crippen molar-refractivity contribution in [2.24, 2.45) is 0 Å². The number of furan rings is 1. The molecule has 2 amide bonds. The Labute approximate surface area is 128 Å². The van der Waals surface area contributed by atoms with Crippen LogP contribution < -0.4 is 5.32 Å². The maximum absolute atomic E-state index is 12.9. The molecule has 1 N–H and O–H groups in total. The molecule has 1 aliphatic rings. The van der Waals surface area contributed by atoms with Crippen LogP contribution in [0.5, 0.6) is 0 Å². The van der Waals surface area contributed by atoms with Crippen molar-refractivity contribution in [3.8, 4) is 0 Å². The summed E-state index contributed by atoms with van der Waals surface area (Å²) in [5, 5.41) is 2.84. The smallest absolute Gasteiger partial charge is 0.322 e. The Balaban J connectivity index is 1.72. The number of urea groups is 1. The second-order valence-corrected chi connectivity index (χ2v) is 5.58. The van der Waals surface area contributed by atoms with Crippen LogP contribution in [0, 0.1) is 5.82 Å². The molecule has 0 spiro atoms. The number of carbonyl (C=O) groups excluding carboxylic acids is 1. The first kappa shape index (κ1) is 14.6. The average Bonchev–Trinajstić information content (AvgIpc) is 3.20. The number of rotatable bonds is 4. The summed E-state index contributed by atoms with van der Waals surface area (Å²) in [6.07, 6.45) is 5.92. The van der Waals surface area contributed by atoms with Crippen LogP contribution >= 0.6 is 0 Å². The van der Waals surface area contributed by atoms with Gasteiger partial charge in [0, 0.05) is 11.7 Å². The summed E-state index contributed by atoms with van der Waals surface area (Å²) in [6, 6.07) is 9.54. The molecule has 0 unspecified atom stereocenters. The molecule has 1 aromatic heterocycles. The van der Waals surface area contributed by atoms with Crippen LogP contribution in [0.3, 0.4) is 0 Å². The molecule has 1 aliphatic carbocycles. The first-order valence-corrected chi connectivity index (χ1v) is 7.58. The van der Waals surface area contributed by atoms with Gasteiger partial charge in [0.25, 0.3) is 0 Å². The molecule has 4 nitrogen and oxygen atoms in total. The SMILES string of the molecule is O=C(Nc1ccc(F)cc1)N(Cc1ccco1)C1CCCC1. The summed E-state index contributed by atoms with van der Waals surface area (Å²) in [5.41, 5.74) is 0.592. The Hall–Kier alpha value is -2.30. The van der Waals surface area contributed by atoms with E-state index >= 15 is 0 Å². The van der Waals surface area contributed by atoms with Crippen molar-refractivity contribution in [1.82, 2.24) is 4.90 Å². The fourth-order valence-electron chi connectivity index (χ4n) is 2.88. The lowest BCUT2D eigenvalue weighted by molar-refractivity contribution is 0.178. The summed E-state index contributed by atoms with van der Waals surface area (Å²) in [6.45, 7) is 0.449. The predicted octanol–water partition coefficient (Wildman–Crippen LogP) is 4.40. The topological polar surface area (TPSA) is 45.5 Å². The van der Waals surface area contributed by atoms with E-state index in [-0.39, 0.29) is 17.9 Å². The highest BCUT2D eigenvalue weighted by Gasteiger charge is 2.27. The van der Waals surface area contributed by atoms with Gasteiger partial charge in [-0.2, -0.15) is 0 Å². The van der Waals surface area contributed by atoms with Gasteiger partial charge in [0.1, 0.15) is 11.6 Å². The quantitative estimate of drug-likeness (QED) is 0.910. The molecule has 0 aliphatic heterocycles. The normalized spacial score (nSPS) is 15.0. The van der Waals surface area contributed by atoms with Gasteiger partial charge in [-0.25, -0.2) is 9.18 Å². The first-order valence-electron chi connectivity index (χ1n) is 7.58. The van der Waals surface area contributed by atoms with Gasteiger partial charge < -0.3 is 14.6 Å². The molecular weight excluding hydrogens is 283 g/mol. The van der Waals surface area contributed by atoms with Gasteiger partial charge in [0.05, 0.1) is 12.8 Å². The lowest BCUT2D eigenvalue weighted by atomic mass is 10.2. The molecule has 0 radical (unpaired) electrons. The van der Waals surface area contributed by atoms with Crippen molar-refractivity contribution in [3.05, 3.63) is 54.2 Å². The number of nitrogens with one attached hydrogen (secondary N) is 1. The van der Waals surface area contributed by atoms with Crippen LogP contribution in [0.2, 0.25) is 0 Å². The maximum Gasteiger partial charge on any atom is 0.322 e. The Morgan fingerprint density at radius 3 is 2.59 bits per heavy atom. The van der Waals surface area contributed by atoms with Crippen LogP contribution in [0.15, 0.2) is 47.1 Å². The molecule has 0 atom stereocenters. The average molecular weight is 302 g/mol. The molecule has 1 aromatic carbocycles. The predicted molar refractivity (Wildman–Crippen MR) is 81.9 cm³/mol. The van der Waals surface area contributed by atoms with Gasteiger partial charge in [-0.3, -0.25) is 0 Å². The van der Waals surface area contributed by atoms with Gasteiger partial charge in [-0.15, -0.1) is 0 Å². The number of amides is 2. The summed E-state index contributed by atoms with van der Waals surface area (Å²) >= 11 is 0. The molecule has 0 saturated heterocycles. The largest absolute Gasteiger partial charge is 0.467 e. The molecule has 0 bridgehead atoms. The summed E-state index contributed by atoms with van der Waals surface area (Å²) in [7, 11) is 0. The minimum Gasteiger partial charge on any atom is -0.467 e. The van der Waals surface area contributed by atoms with Crippen LogP contribution in [0.4, 0.5) is 14.9 Å². The summed E-state index contributed by atoms with van der Waals surface area (Å²) in [5.74, 6) is 0.447. The van der Waals surface area contributed by atoms with Crippen molar-refractivity contribution < 1.29 is 13.6 Å². The molecule has 116 valence electrons. The zero-order valence-electron chi connectivity index (χ0n) is 12.3. The number of anilines is 1. The van der Waals surface area contributed by atoms with Crippen molar-refractivity contribution in [3.63, 3.8) is 0 Å². The number of halogens is 1. The van der Waals surface area contributed by atoms with E-state index in [0.29, 0.717) is 12.2 Å². The third-order valence-corrected chi connectivity index (χ3v) is 4.03. The third-order valence-electron chi connectivity index (χ3n) is 4.03. The molecule has 22 heavy (non-hydrogen) atoms. The number of hydrogen-bond donors (Lipinski definition) is 1. The van der Waals surface area contributed by atoms with Crippen molar-refractivity contribution in [2.75, 3.05) is 5.32 Å². The van der Waals surface area contributed by atoms with Gasteiger partial charge in [0.15, 0.2) is 0 Å². The molecule has 3 rings (SSSR count). The molecule has 5 heteroatoms. The molecule has 1 fully saturated rings. The minimum atomic E-state index is -0.318. The van der Waals surface area contributed by atoms with Crippen molar-refractivity contribution in [2.45, 2.75) is 38.3 Å². The zero-order valence-corrected chi connectivity index (χ0v) is 12.3. The number of hydrogen-bond acceptors (Lipinski definition) is 2. The first-order chi connectivity index (χ1) is 10.7. The Kier molecular flexibility index (Phi) is 4.42. The van der Waals surface area contributed by atoms with Crippen LogP contribution in [0.1, 0.15) is 31.4 Å². The Morgan fingerprint density at radius 2 is 1.95 bits per heavy atom. The third kappa shape index (κ3) is 3.47. The maximum atomic E-state index is 12.9. The second kappa shape index (κ2) is 6.64.